The molecule has 0 amide bonds. The average molecular weight is 143 g/mol. The van der Waals surface area contributed by atoms with E-state index in [0.29, 0.717) is 0 Å². The first kappa shape index (κ1) is 8.05. The molecule has 1 rings (SSSR count). The van der Waals surface area contributed by atoms with E-state index < -0.39 is 7.12 Å². The highest BCUT2D eigenvalue weighted by atomic mass is 16.4. The van der Waals surface area contributed by atoms with Crippen LogP contribution in [0.5, 0.6) is 0 Å². The van der Waals surface area contributed by atoms with Crippen molar-refractivity contribution < 1.29 is 10.0 Å². The number of hydrogen-bond donors (Lipinski definition) is 3. The van der Waals surface area contributed by atoms with E-state index >= 15 is 0 Å². The van der Waals surface area contributed by atoms with Crippen molar-refractivity contribution in [2.24, 2.45) is 0 Å². The standard InChI is InChI=1S/C6H14BNO2/c9-7(10)6-2-1-4-8-5-3-6/h6,8-10H,1-5H2. The second kappa shape index (κ2) is 3.96. The summed E-state index contributed by atoms with van der Waals surface area (Å²) in [6.45, 7) is 1.94. The van der Waals surface area contributed by atoms with Gasteiger partial charge in [0.1, 0.15) is 0 Å². The highest BCUT2D eigenvalue weighted by molar-refractivity contribution is 6.43. The van der Waals surface area contributed by atoms with E-state index in [-0.39, 0.29) is 5.82 Å². The minimum atomic E-state index is -1.11. The van der Waals surface area contributed by atoms with E-state index in [4.69, 9.17) is 10.0 Å². The minimum absolute atomic E-state index is 0.0926. The smallest absolute Gasteiger partial charge is 0.427 e. The molecule has 1 heterocycles. The van der Waals surface area contributed by atoms with Crippen LogP contribution in [0.2, 0.25) is 5.82 Å². The summed E-state index contributed by atoms with van der Waals surface area (Å²) >= 11 is 0. The van der Waals surface area contributed by atoms with E-state index in [1.54, 1.807) is 0 Å². The second-order valence-corrected chi connectivity index (χ2v) is 2.85. The van der Waals surface area contributed by atoms with Gasteiger partial charge in [0.25, 0.3) is 0 Å². The zero-order valence-corrected chi connectivity index (χ0v) is 6.08. The molecule has 10 heavy (non-hydrogen) atoms. The lowest BCUT2D eigenvalue weighted by molar-refractivity contribution is 0.375. The Balaban J connectivity index is 2.28. The van der Waals surface area contributed by atoms with Gasteiger partial charge in [-0.1, -0.05) is 6.42 Å². The molecule has 1 fully saturated rings. The first-order valence-electron chi connectivity index (χ1n) is 3.87. The van der Waals surface area contributed by atoms with Gasteiger partial charge in [-0.15, -0.1) is 0 Å². The lowest BCUT2D eigenvalue weighted by Crippen LogP contribution is -2.21. The molecule has 1 unspecified atom stereocenters. The van der Waals surface area contributed by atoms with Gasteiger partial charge in [0, 0.05) is 0 Å². The molecule has 3 nitrogen and oxygen atoms in total. The molecule has 0 radical (unpaired) electrons. The van der Waals surface area contributed by atoms with Crippen molar-refractivity contribution in [3.8, 4) is 0 Å². The average Bonchev–Trinajstić information content (AvgIpc) is 2.12. The molecule has 0 aromatic rings. The molecule has 1 aliphatic heterocycles. The third-order valence-electron chi connectivity index (χ3n) is 2.04. The minimum Gasteiger partial charge on any atom is -0.427 e. The molecule has 0 aromatic carbocycles. The van der Waals surface area contributed by atoms with Gasteiger partial charge in [0.15, 0.2) is 0 Å². The Morgan fingerprint density at radius 2 is 2.00 bits per heavy atom. The van der Waals surface area contributed by atoms with Gasteiger partial charge in [0.05, 0.1) is 0 Å². The van der Waals surface area contributed by atoms with Crippen LogP contribution in [0, 0.1) is 0 Å². The fourth-order valence-corrected chi connectivity index (χ4v) is 1.34. The molecule has 0 aliphatic carbocycles. The van der Waals surface area contributed by atoms with Crippen molar-refractivity contribution in [1.29, 1.82) is 0 Å². The van der Waals surface area contributed by atoms with Gasteiger partial charge in [-0.25, -0.2) is 0 Å². The first-order valence-corrected chi connectivity index (χ1v) is 3.87. The molecular weight excluding hydrogens is 129 g/mol. The summed E-state index contributed by atoms with van der Waals surface area (Å²) in [5, 5.41) is 20.9. The van der Waals surface area contributed by atoms with Crippen molar-refractivity contribution in [1.82, 2.24) is 5.32 Å². The van der Waals surface area contributed by atoms with E-state index in [9.17, 15) is 0 Å². The van der Waals surface area contributed by atoms with Gasteiger partial charge < -0.3 is 15.4 Å². The van der Waals surface area contributed by atoms with Gasteiger partial charge in [-0.3, -0.25) is 0 Å². The zero-order chi connectivity index (χ0) is 7.40. The van der Waals surface area contributed by atoms with Crippen molar-refractivity contribution in [2.75, 3.05) is 13.1 Å². The van der Waals surface area contributed by atoms with Gasteiger partial charge in [-0.05, 0) is 31.7 Å². The fourth-order valence-electron chi connectivity index (χ4n) is 1.34. The third kappa shape index (κ3) is 2.29. The Hall–Kier alpha value is -0.0551. The number of nitrogens with one attached hydrogen (secondary N) is 1. The topological polar surface area (TPSA) is 52.5 Å². The van der Waals surface area contributed by atoms with Crippen LogP contribution in [0.1, 0.15) is 19.3 Å². The molecular formula is C6H14BNO2. The second-order valence-electron chi connectivity index (χ2n) is 2.85. The summed E-state index contributed by atoms with van der Waals surface area (Å²) in [6.07, 6.45) is 2.88. The largest absolute Gasteiger partial charge is 0.454 e. The first-order chi connectivity index (χ1) is 4.80. The molecule has 0 aromatic heterocycles. The van der Waals surface area contributed by atoms with Crippen molar-refractivity contribution in [3.05, 3.63) is 0 Å². The molecule has 3 N–H and O–H groups in total. The predicted octanol–water partition coefficient (Wildman–Crippen LogP) is -0.397. The normalized spacial score (nSPS) is 27.6. The number of rotatable bonds is 1. The molecule has 1 aliphatic rings. The predicted molar refractivity (Wildman–Crippen MR) is 40.7 cm³/mol. The van der Waals surface area contributed by atoms with Crippen LogP contribution < -0.4 is 5.32 Å². The van der Waals surface area contributed by atoms with Gasteiger partial charge in [0.2, 0.25) is 0 Å². The molecule has 4 heteroatoms. The van der Waals surface area contributed by atoms with E-state index in [1.165, 1.54) is 0 Å². The van der Waals surface area contributed by atoms with Crippen LogP contribution in [0.4, 0.5) is 0 Å². The Kier molecular flexibility index (Phi) is 3.18. The quantitative estimate of drug-likeness (QED) is 0.438. The van der Waals surface area contributed by atoms with Crippen LogP contribution >= 0.6 is 0 Å². The molecule has 0 bridgehead atoms. The molecule has 0 spiro atoms. The van der Waals surface area contributed by atoms with E-state index in [0.717, 1.165) is 32.4 Å². The van der Waals surface area contributed by atoms with Crippen molar-refractivity contribution in [3.63, 3.8) is 0 Å². The van der Waals surface area contributed by atoms with Crippen LogP contribution in [0.15, 0.2) is 0 Å². The summed E-state index contributed by atoms with van der Waals surface area (Å²) in [4.78, 5) is 0. The maximum Gasteiger partial charge on any atom is 0.454 e. The fraction of sp³-hybridized carbons (Fsp3) is 1.00. The van der Waals surface area contributed by atoms with Gasteiger partial charge in [-0.2, -0.15) is 0 Å². The number of hydrogen-bond acceptors (Lipinski definition) is 3. The molecule has 0 saturated carbocycles. The van der Waals surface area contributed by atoms with Crippen LogP contribution in [0.3, 0.4) is 0 Å². The van der Waals surface area contributed by atoms with Crippen LogP contribution in [0.25, 0.3) is 0 Å². The Morgan fingerprint density at radius 3 is 2.70 bits per heavy atom. The van der Waals surface area contributed by atoms with E-state index in [1.807, 2.05) is 0 Å². The monoisotopic (exact) mass is 143 g/mol. The molecule has 1 saturated heterocycles. The van der Waals surface area contributed by atoms with Gasteiger partial charge >= 0.3 is 7.12 Å². The Labute approximate surface area is 61.6 Å². The molecule has 58 valence electrons. The van der Waals surface area contributed by atoms with E-state index in [2.05, 4.69) is 5.32 Å². The zero-order valence-electron chi connectivity index (χ0n) is 6.08. The van der Waals surface area contributed by atoms with Crippen LogP contribution in [-0.4, -0.2) is 30.3 Å². The summed E-state index contributed by atoms with van der Waals surface area (Å²) in [5.74, 6) is 0.0926. The SMILES string of the molecule is OB(O)C1CCCNCC1. The van der Waals surface area contributed by atoms with Crippen LogP contribution in [-0.2, 0) is 0 Å². The maximum absolute atomic E-state index is 8.83. The molecule has 1 atom stereocenters. The lowest BCUT2D eigenvalue weighted by Gasteiger charge is -2.10. The Bertz CT molecular complexity index is 91.7. The lowest BCUT2D eigenvalue weighted by atomic mass is 9.69. The summed E-state index contributed by atoms with van der Waals surface area (Å²) < 4.78 is 0. The highest BCUT2D eigenvalue weighted by Crippen LogP contribution is 2.20. The highest BCUT2D eigenvalue weighted by Gasteiger charge is 2.23. The third-order valence-corrected chi connectivity index (χ3v) is 2.04. The summed E-state index contributed by atoms with van der Waals surface area (Å²) in [7, 11) is -1.11. The summed E-state index contributed by atoms with van der Waals surface area (Å²) in [6, 6.07) is 0. The van der Waals surface area contributed by atoms with Crippen molar-refractivity contribution >= 4 is 7.12 Å². The summed E-state index contributed by atoms with van der Waals surface area (Å²) in [5.41, 5.74) is 0. The Morgan fingerprint density at radius 1 is 1.20 bits per heavy atom. The van der Waals surface area contributed by atoms with Crippen molar-refractivity contribution in [2.45, 2.75) is 25.1 Å². The maximum atomic E-state index is 8.83.